The van der Waals surface area contributed by atoms with Gasteiger partial charge in [-0.1, -0.05) is 30.0 Å². The van der Waals surface area contributed by atoms with E-state index in [0.29, 0.717) is 24.1 Å². The Morgan fingerprint density at radius 2 is 2.19 bits per heavy atom. The van der Waals surface area contributed by atoms with Gasteiger partial charge < -0.3 is 5.32 Å². The Morgan fingerprint density at radius 3 is 2.96 bits per heavy atom. The predicted octanol–water partition coefficient (Wildman–Crippen LogP) is 2.90. The average Bonchev–Trinajstić information content (AvgIpc) is 3.34. The summed E-state index contributed by atoms with van der Waals surface area (Å²) >= 11 is 2.80. The zero-order valence-corrected chi connectivity index (χ0v) is 15.8. The summed E-state index contributed by atoms with van der Waals surface area (Å²) in [6, 6.07) is 10.1. The van der Waals surface area contributed by atoms with Crippen LogP contribution in [0.4, 0.5) is 10.3 Å². The second-order valence-electron chi connectivity index (χ2n) is 5.37. The maximum absolute atomic E-state index is 12.8. The van der Waals surface area contributed by atoms with Gasteiger partial charge >= 0.3 is 0 Å². The summed E-state index contributed by atoms with van der Waals surface area (Å²) in [5.41, 5.74) is 3.72. The number of nitrogens with zero attached hydrogens (tertiary/aromatic N) is 3. The summed E-state index contributed by atoms with van der Waals surface area (Å²) in [5.74, 6) is 0.232. The number of thiophene rings is 1. The monoisotopic (exact) mass is 404 g/mol. The van der Waals surface area contributed by atoms with Crippen LogP contribution in [0.1, 0.15) is 10.4 Å². The first-order valence-electron chi connectivity index (χ1n) is 8.08. The van der Waals surface area contributed by atoms with Crippen LogP contribution in [0.15, 0.2) is 52.0 Å². The van der Waals surface area contributed by atoms with Crippen molar-refractivity contribution in [2.45, 2.75) is 11.6 Å². The van der Waals surface area contributed by atoms with Gasteiger partial charge in [-0.3, -0.25) is 4.79 Å². The van der Waals surface area contributed by atoms with Gasteiger partial charge in [-0.15, -0.1) is 16.4 Å². The van der Waals surface area contributed by atoms with Crippen molar-refractivity contribution in [2.24, 2.45) is 5.10 Å². The van der Waals surface area contributed by atoms with Crippen molar-refractivity contribution in [3.05, 3.63) is 58.0 Å². The highest BCUT2D eigenvalue weighted by molar-refractivity contribution is 7.99. The van der Waals surface area contributed by atoms with Gasteiger partial charge in [0, 0.05) is 11.4 Å². The Balaban J connectivity index is 1.35. The number of hydrogen-bond acceptors (Lipinski definition) is 7. The summed E-state index contributed by atoms with van der Waals surface area (Å²) in [4.78, 5) is 17.1. The molecule has 0 saturated heterocycles. The molecule has 0 aliphatic rings. The van der Waals surface area contributed by atoms with Crippen LogP contribution in [0.2, 0.25) is 0 Å². The van der Waals surface area contributed by atoms with Crippen LogP contribution >= 0.6 is 23.1 Å². The normalized spacial score (nSPS) is 11.0. The van der Waals surface area contributed by atoms with Gasteiger partial charge in [0.15, 0.2) is 0 Å². The number of anilines is 1. The minimum absolute atomic E-state index is 0.114. The quantitative estimate of drug-likeness (QED) is 0.290. The summed E-state index contributed by atoms with van der Waals surface area (Å²) in [7, 11) is 0. The first kappa shape index (κ1) is 19.1. The highest BCUT2D eigenvalue weighted by atomic mass is 32.2. The van der Waals surface area contributed by atoms with E-state index in [4.69, 9.17) is 0 Å². The number of aromatic nitrogens is 3. The molecule has 0 fully saturated rings. The first-order valence-corrected chi connectivity index (χ1v) is 9.94. The molecular weight excluding hydrogens is 387 g/mol. The summed E-state index contributed by atoms with van der Waals surface area (Å²) in [6.07, 6.45) is 2.34. The molecule has 0 bridgehead atoms. The summed E-state index contributed by atoms with van der Waals surface area (Å²) in [6.45, 7) is 0.489. The SMILES string of the molecule is O=C(CSc1n[nH]c(N/N=C\c2cccs2)n1)NCCc1ccc(F)cc1. The fourth-order valence-corrected chi connectivity index (χ4v) is 3.27. The van der Waals surface area contributed by atoms with Crippen LogP contribution in [-0.4, -0.2) is 39.6 Å². The van der Waals surface area contributed by atoms with Gasteiger partial charge in [0.1, 0.15) is 5.82 Å². The smallest absolute Gasteiger partial charge is 0.240 e. The third-order valence-corrected chi connectivity index (χ3v) is 5.01. The van der Waals surface area contributed by atoms with Gasteiger partial charge in [-0.25, -0.2) is 14.9 Å². The fourth-order valence-electron chi connectivity index (χ4n) is 2.06. The number of thioether (sulfide) groups is 1. The molecule has 0 aliphatic carbocycles. The molecule has 1 aromatic carbocycles. The number of amides is 1. The molecule has 1 amide bonds. The lowest BCUT2D eigenvalue weighted by atomic mass is 10.1. The molecule has 2 aromatic heterocycles. The standard InChI is InChI=1S/C17H17FN6OS2/c18-13-5-3-12(4-6-13)7-8-19-15(25)11-27-17-21-16(23-24-17)22-20-10-14-2-1-9-26-14/h1-6,9-10H,7-8,11H2,(H,19,25)(H2,21,22,23,24)/b20-10-. The molecule has 0 aliphatic heterocycles. The minimum Gasteiger partial charge on any atom is -0.355 e. The largest absolute Gasteiger partial charge is 0.355 e. The molecule has 27 heavy (non-hydrogen) atoms. The maximum atomic E-state index is 12.8. The van der Waals surface area contributed by atoms with E-state index >= 15 is 0 Å². The molecule has 7 nitrogen and oxygen atoms in total. The Labute approximate surface area is 163 Å². The second-order valence-corrected chi connectivity index (χ2v) is 7.29. The van der Waals surface area contributed by atoms with Gasteiger partial charge in [0.25, 0.3) is 0 Å². The van der Waals surface area contributed by atoms with Crippen LogP contribution in [-0.2, 0) is 11.2 Å². The van der Waals surface area contributed by atoms with E-state index in [0.717, 1.165) is 10.4 Å². The number of rotatable bonds is 9. The second kappa shape index (κ2) is 9.83. The topological polar surface area (TPSA) is 95.1 Å². The van der Waals surface area contributed by atoms with Crippen molar-refractivity contribution >= 4 is 41.2 Å². The molecule has 3 aromatic rings. The molecule has 0 spiro atoms. The van der Waals surface area contributed by atoms with Gasteiger partial charge in [0.05, 0.1) is 12.0 Å². The zero-order chi connectivity index (χ0) is 18.9. The van der Waals surface area contributed by atoms with Crippen molar-refractivity contribution in [3.8, 4) is 0 Å². The summed E-state index contributed by atoms with van der Waals surface area (Å²) in [5, 5.41) is 16.0. The van der Waals surface area contributed by atoms with Crippen LogP contribution in [0.3, 0.4) is 0 Å². The number of carbonyl (C=O) groups is 1. The Bertz CT molecular complexity index is 879. The fraction of sp³-hybridized carbons (Fsp3) is 0.176. The van der Waals surface area contributed by atoms with E-state index in [1.807, 2.05) is 17.5 Å². The van der Waals surface area contributed by atoms with Crippen LogP contribution < -0.4 is 10.7 Å². The van der Waals surface area contributed by atoms with E-state index in [1.165, 1.54) is 23.9 Å². The van der Waals surface area contributed by atoms with E-state index < -0.39 is 0 Å². The maximum Gasteiger partial charge on any atom is 0.240 e. The number of hydrazone groups is 1. The molecule has 3 rings (SSSR count). The molecule has 3 N–H and O–H groups in total. The first-order chi connectivity index (χ1) is 13.2. The predicted molar refractivity (Wildman–Crippen MR) is 106 cm³/mol. The third-order valence-electron chi connectivity index (χ3n) is 3.35. The van der Waals surface area contributed by atoms with Crippen LogP contribution in [0.5, 0.6) is 0 Å². The van der Waals surface area contributed by atoms with Crippen LogP contribution in [0, 0.1) is 5.82 Å². The van der Waals surface area contributed by atoms with Crippen molar-refractivity contribution < 1.29 is 9.18 Å². The zero-order valence-electron chi connectivity index (χ0n) is 14.2. The molecule has 0 unspecified atom stereocenters. The average molecular weight is 404 g/mol. The van der Waals surface area contributed by atoms with Gasteiger partial charge in [-0.2, -0.15) is 10.1 Å². The lowest BCUT2D eigenvalue weighted by molar-refractivity contribution is -0.118. The van der Waals surface area contributed by atoms with E-state index in [-0.39, 0.29) is 17.5 Å². The number of halogens is 1. The lowest BCUT2D eigenvalue weighted by Gasteiger charge is -2.04. The van der Waals surface area contributed by atoms with Crippen molar-refractivity contribution in [3.63, 3.8) is 0 Å². The molecule has 0 radical (unpaired) electrons. The minimum atomic E-state index is -0.267. The third kappa shape index (κ3) is 6.50. The molecule has 2 heterocycles. The number of benzene rings is 1. The molecule has 10 heteroatoms. The molecule has 140 valence electrons. The summed E-state index contributed by atoms with van der Waals surface area (Å²) < 4.78 is 12.8. The van der Waals surface area contributed by atoms with Crippen molar-refractivity contribution in [2.75, 3.05) is 17.7 Å². The molecule has 0 saturated carbocycles. The number of carbonyl (C=O) groups excluding carboxylic acids is 1. The van der Waals surface area contributed by atoms with Gasteiger partial charge in [0.2, 0.25) is 17.0 Å². The highest BCUT2D eigenvalue weighted by Crippen LogP contribution is 2.13. The lowest BCUT2D eigenvalue weighted by Crippen LogP contribution is -2.27. The van der Waals surface area contributed by atoms with E-state index in [1.54, 1.807) is 29.7 Å². The molecular formula is C17H17FN6OS2. The number of aromatic amines is 1. The van der Waals surface area contributed by atoms with Crippen molar-refractivity contribution in [1.29, 1.82) is 0 Å². The van der Waals surface area contributed by atoms with Crippen molar-refractivity contribution in [1.82, 2.24) is 20.5 Å². The number of nitrogens with one attached hydrogen (secondary N) is 3. The Morgan fingerprint density at radius 1 is 1.33 bits per heavy atom. The van der Waals surface area contributed by atoms with E-state index in [2.05, 4.69) is 31.0 Å². The van der Waals surface area contributed by atoms with E-state index in [9.17, 15) is 9.18 Å². The number of H-pyrrole nitrogens is 1. The van der Waals surface area contributed by atoms with Crippen LogP contribution in [0.25, 0.3) is 0 Å². The number of hydrogen-bond donors (Lipinski definition) is 3. The Hall–Kier alpha value is -2.72. The van der Waals surface area contributed by atoms with Gasteiger partial charge in [-0.05, 0) is 35.6 Å². The Kier molecular flexibility index (Phi) is 6.94. The highest BCUT2D eigenvalue weighted by Gasteiger charge is 2.07. The molecule has 0 atom stereocenters.